The first-order chi connectivity index (χ1) is 12.1. The zero-order valence-electron chi connectivity index (χ0n) is 14.9. The van der Waals surface area contributed by atoms with Crippen molar-refractivity contribution < 1.29 is 9.59 Å². The van der Waals surface area contributed by atoms with Crippen LogP contribution in [-0.4, -0.2) is 41.1 Å². The summed E-state index contributed by atoms with van der Waals surface area (Å²) in [7, 11) is 0. The van der Waals surface area contributed by atoms with Crippen molar-refractivity contribution in [3.63, 3.8) is 0 Å². The van der Waals surface area contributed by atoms with Crippen molar-refractivity contribution in [1.82, 2.24) is 20.8 Å². The molecule has 0 aromatic carbocycles. The molecule has 2 aliphatic rings. The van der Waals surface area contributed by atoms with Gasteiger partial charge in [-0.3, -0.25) is 14.7 Å². The average molecular weight is 347 g/mol. The molecule has 1 aromatic rings. The number of aromatic amines is 1. The lowest BCUT2D eigenvalue weighted by atomic mass is 9.78. The van der Waals surface area contributed by atoms with E-state index in [0.29, 0.717) is 24.2 Å². The molecule has 0 aliphatic heterocycles. The van der Waals surface area contributed by atoms with E-state index in [-0.39, 0.29) is 17.9 Å². The number of carbonyl (C=O) groups is 2. The summed E-state index contributed by atoms with van der Waals surface area (Å²) >= 11 is 0. The smallest absolute Gasteiger partial charge is 0.239 e. The first kappa shape index (κ1) is 17.9. The summed E-state index contributed by atoms with van der Waals surface area (Å²) in [4.78, 5) is 23.0. The second-order valence-electron chi connectivity index (χ2n) is 7.46. The summed E-state index contributed by atoms with van der Waals surface area (Å²) in [5.74, 6) is 1.62. The Labute approximate surface area is 148 Å². The number of aromatic nitrogens is 2. The Morgan fingerprint density at radius 2 is 2.00 bits per heavy atom. The highest BCUT2D eigenvalue weighted by molar-refractivity contribution is 5.91. The molecular weight excluding hydrogens is 318 g/mol. The molecule has 4 N–H and O–H groups in total. The maximum atomic E-state index is 12.0. The molecular formula is C18H29N5O2. The average Bonchev–Trinajstić information content (AvgIpc) is 2.99. The normalized spacial score (nSPS) is 23.7. The molecule has 0 bridgehead atoms. The Bertz CT molecular complexity index is 588. The Morgan fingerprint density at radius 1 is 1.24 bits per heavy atom. The lowest BCUT2D eigenvalue weighted by Crippen LogP contribution is -2.42. The highest BCUT2D eigenvalue weighted by Crippen LogP contribution is 2.36. The Balaban J connectivity index is 1.35. The minimum absolute atomic E-state index is 0.0155. The molecule has 2 fully saturated rings. The second kappa shape index (κ2) is 8.47. The maximum Gasteiger partial charge on any atom is 0.239 e. The van der Waals surface area contributed by atoms with E-state index in [1.54, 1.807) is 6.92 Å². The summed E-state index contributed by atoms with van der Waals surface area (Å²) in [6, 6.07) is 2.15. The molecule has 2 aliphatic carbocycles. The fourth-order valence-electron chi connectivity index (χ4n) is 3.86. The molecule has 0 radical (unpaired) electrons. The SMILES string of the molecule is CC(=O)NC1CC(c2cc(NC(=O)CNCC3CCCCC3)n[nH]2)C1. The van der Waals surface area contributed by atoms with Crippen LogP contribution in [0.2, 0.25) is 0 Å². The van der Waals surface area contributed by atoms with Gasteiger partial charge in [0.2, 0.25) is 11.8 Å². The summed E-state index contributed by atoms with van der Waals surface area (Å²) < 4.78 is 0. The van der Waals surface area contributed by atoms with Crippen molar-refractivity contribution in [3.8, 4) is 0 Å². The standard InChI is InChI=1S/C18H29N5O2/c1-12(24)20-15-7-14(8-15)16-9-17(23-22-16)21-18(25)11-19-10-13-5-3-2-4-6-13/h9,13-15,19H,2-8,10-11H2,1H3,(H,20,24)(H2,21,22,23,25). The van der Waals surface area contributed by atoms with E-state index in [2.05, 4.69) is 26.1 Å². The lowest BCUT2D eigenvalue weighted by Gasteiger charge is -2.34. The molecule has 7 nitrogen and oxygen atoms in total. The largest absolute Gasteiger partial charge is 0.354 e. The van der Waals surface area contributed by atoms with E-state index in [4.69, 9.17) is 0 Å². The second-order valence-corrected chi connectivity index (χ2v) is 7.46. The van der Waals surface area contributed by atoms with Crippen LogP contribution in [0, 0.1) is 5.92 Å². The van der Waals surface area contributed by atoms with E-state index in [1.807, 2.05) is 6.07 Å². The van der Waals surface area contributed by atoms with E-state index in [0.717, 1.165) is 25.1 Å². The van der Waals surface area contributed by atoms with Gasteiger partial charge >= 0.3 is 0 Å². The van der Waals surface area contributed by atoms with Gasteiger partial charge < -0.3 is 16.0 Å². The zero-order valence-corrected chi connectivity index (χ0v) is 14.9. The summed E-state index contributed by atoms with van der Waals surface area (Å²) in [5.41, 5.74) is 1.02. The maximum absolute atomic E-state index is 12.0. The van der Waals surface area contributed by atoms with Gasteiger partial charge in [-0.05, 0) is 38.1 Å². The van der Waals surface area contributed by atoms with Gasteiger partial charge in [-0.15, -0.1) is 0 Å². The third-order valence-electron chi connectivity index (χ3n) is 5.29. The fourth-order valence-corrected chi connectivity index (χ4v) is 3.86. The predicted molar refractivity (Wildman–Crippen MR) is 96.2 cm³/mol. The molecule has 3 rings (SSSR count). The van der Waals surface area contributed by atoms with E-state index in [9.17, 15) is 9.59 Å². The number of hydrogen-bond donors (Lipinski definition) is 4. The third kappa shape index (κ3) is 5.29. The van der Waals surface area contributed by atoms with Crippen molar-refractivity contribution in [3.05, 3.63) is 11.8 Å². The molecule has 138 valence electrons. The van der Waals surface area contributed by atoms with E-state index in [1.165, 1.54) is 32.1 Å². The van der Waals surface area contributed by atoms with Crippen molar-refractivity contribution in [2.45, 2.75) is 63.8 Å². The van der Waals surface area contributed by atoms with Gasteiger partial charge in [0.15, 0.2) is 5.82 Å². The molecule has 1 aromatic heterocycles. The minimum Gasteiger partial charge on any atom is -0.354 e. The lowest BCUT2D eigenvalue weighted by molar-refractivity contribution is -0.120. The van der Waals surface area contributed by atoms with Gasteiger partial charge in [0, 0.05) is 30.6 Å². The van der Waals surface area contributed by atoms with Crippen LogP contribution in [0.4, 0.5) is 5.82 Å². The predicted octanol–water partition coefficient (Wildman–Crippen LogP) is 1.90. The van der Waals surface area contributed by atoms with E-state index >= 15 is 0 Å². The number of nitrogens with zero attached hydrogens (tertiary/aromatic N) is 1. The van der Waals surface area contributed by atoms with Crippen molar-refractivity contribution in [2.75, 3.05) is 18.4 Å². The topological polar surface area (TPSA) is 98.9 Å². The van der Waals surface area contributed by atoms with Crippen LogP contribution < -0.4 is 16.0 Å². The monoisotopic (exact) mass is 347 g/mol. The minimum atomic E-state index is -0.0569. The first-order valence-electron chi connectivity index (χ1n) is 9.43. The number of amides is 2. The Kier molecular flexibility index (Phi) is 6.07. The molecule has 0 atom stereocenters. The van der Waals surface area contributed by atoms with Gasteiger partial charge in [-0.2, -0.15) is 5.10 Å². The molecule has 0 unspecified atom stereocenters. The molecule has 7 heteroatoms. The highest BCUT2D eigenvalue weighted by atomic mass is 16.2. The summed E-state index contributed by atoms with van der Waals surface area (Å²) in [5, 5.41) is 16.2. The number of carbonyl (C=O) groups excluding carboxylic acids is 2. The zero-order chi connectivity index (χ0) is 17.6. The number of anilines is 1. The molecule has 2 saturated carbocycles. The van der Waals surface area contributed by atoms with Gasteiger partial charge in [0.25, 0.3) is 0 Å². The van der Waals surface area contributed by atoms with Crippen LogP contribution in [0.1, 0.15) is 63.5 Å². The molecule has 0 spiro atoms. The van der Waals surface area contributed by atoms with Gasteiger partial charge in [-0.1, -0.05) is 19.3 Å². The van der Waals surface area contributed by atoms with Crippen LogP contribution in [0.15, 0.2) is 6.07 Å². The summed E-state index contributed by atoms with van der Waals surface area (Å²) in [6.07, 6.45) is 8.37. The number of hydrogen-bond acceptors (Lipinski definition) is 4. The number of nitrogens with one attached hydrogen (secondary N) is 4. The van der Waals surface area contributed by atoms with E-state index < -0.39 is 0 Å². The van der Waals surface area contributed by atoms with Crippen molar-refractivity contribution >= 4 is 17.6 Å². The number of rotatable bonds is 7. The molecule has 0 saturated heterocycles. The van der Waals surface area contributed by atoms with Crippen LogP contribution >= 0.6 is 0 Å². The Morgan fingerprint density at radius 3 is 2.72 bits per heavy atom. The van der Waals surface area contributed by atoms with Crippen LogP contribution in [0.3, 0.4) is 0 Å². The highest BCUT2D eigenvalue weighted by Gasteiger charge is 2.32. The van der Waals surface area contributed by atoms with Gasteiger partial charge in [-0.25, -0.2) is 0 Å². The van der Waals surface area contributed by atoms with Crippen molar-refractivity contribution in [2.24, 2.45) is 5.92 Å². The Hall–Kier alpha value is -1.89. The third-order valence-corrected chi connectivity index (χ3v) is 5.29. The molecule has 25 heavy (non-hydrogen) atoms. The number of H-pyrrole nitrogens is 1. The van der Waals surface area contributed by atoms with Crippen LogP contribution in [0.25, 0.3) is 0 Å². The van der Waals surface area contributed by atoms with Crippen LogP contribution in [-0.2, 0) is 9.59 Å². The molecule has 2 amide bonds. The van der Waals surface area contributed by atoms with Crippen LogP contribution in [0.5, 0.6) is 0 Å². The van der Waals surface area contributed by atoms with Gasteiger partial charge in [0.1, 0.15) is 0 Å². The summed E-state index contributed by atoms with van der Waals surface area (Å²) in [6.45, 7) is 2.79. The quantitative estimate of drug-likeness (QED) is 0.605. The first-order valence-corrected chi connectivity index (χ1v) is 9.43. The fraction of sp³-hybridized carbons (Fsp3) is 0.722. The molecule has 1 heterocycles. The van der Waals surface area contributed by atoms with Crippen molar-refractivity contribution in [1.29, 1.82) is 0 Å². The van der Waals surface area contributed by atoms with Gasteiger partial charge in [0.05, 0.1) is 6.54 Å².